The first-order chi connectivity index (χ1) is 9.33. The van der Waals surface area contributed by atoms with Gasteiger partial charge in [0.15, 0.2) is 0 Å². The Morgan fingerprint density at radius 3 is 2.55 bits per heavy atom. The first-order valence-electron chi connectivity index (χ1n) is 6.50. The van der Waals surface area contributed by atoms with Gasteiger partial charge in [0, 0.05) is 24.1 Å². The molecule has 0 heterocycles. The first kappa shape index (κ1) is 16.6. The van der Waals surface area contributed by atoms with Crippen molar-refractivity contribution in [3.63, 3.8) is 0 Å². The van der Waals surface area contributed by atoms with E-state index in [4.69, 9.17) is 4.74 Å². The predicted octanol–water partition coefficient (Wildman–Crippen LogP) is 3.78. The molecule has 0 amide bonds. The summed E-state index contributed by atoms with van der Waals surface area (Å²) in [6.07, 6.45) is -4.28. The molecule has 0 aliphatic carbocycles. The molecule has 20 heavy (non-hydrogen) atoms. The first-order valence-corrected chi connectivity index (χ1v) is 6.50. The maximum absolute atomic E-state index is 12.0. The molecule has 0 aliphatic rings. The van der Waals surface area contributed by atoms with Crippen molar-refractivity contribution >= 4 is 0 Å². The number of methoxy groups -OCH3 is 1. The molecule has 0 spiro atoms. The number of hydrogen-bond donors (Lipinski definition) is 2. The van der Waals surface area contributed by atoms with Gasteiger partial charge in [-0.25, -0.2) is 0 Å². The highest BCUT2D eigenvalue weighted by atomic mass is 19.4. The van der Waals surface area contributed by atoms with E-state index >= 15 is 0 Å². The van der Waals surface area contributed by atoms with Crippen molar-refractivity contribution in [2.45, 2.75) is 38.4 Å². The SMILES string of the molecule is COc1ccc(C(C)NCCCCC(F)(F)F)c(O)c1. The summed E-state index contributed by atoms with van der Waals surface area (Å²) in [5.74, 6) is 0.670. The molecule has 0 fully saturated rings. The van der Waals surface area contributed by atoms with E-state index in [2.05, 4.69) is 5.32 Å². The second-order valence-electron chi connectivity index (χ2n) is 4.67. The van der Waals surface area contributed by atoms with Crippen molar-refractivity contribution < 1.29 is 23.0 Å². The quantitative estimate of drug-likeness (QED) is 0.751. The highest BCUT2D eigenvalue weighted by Gasteiger charge is 2.25. The Bertz CT molecular complexity index is 421. The van der Waals surface area contributed by atoms with Crippen LogP contribution in [0.4, 0.5) is 13.2 Å². The molecule has 1 atom stereocenters. The zero-order valence-corrected chi connectivity index (χ0v) is 11.6. The van der Waals surface area contributed by atoms with E-state index < -0.39 is 12.6 Å². The Morgan fingerprint density at radius 1 is 1.30 bits per heavy atom. The number of nitrogens with one attached hydrogen (secondary N) is 1. The molecule has 1 rings (SSSR count). The van der Waals surface area contributed by atoms with Crippen LogP contribution >= 0.6 is 0 Å². The number of rotatable bonds is 7. The lowest BCUT2D eigenvalue weighted by molar-refractivity contribution is -0.135. The normalized spacial score (nSPS) is 13.2. The Hall–Kier alpha value is -1.43. The minimum atomic E-state index is -4.08. The summed E-state index contributed by atoms with van der Waals surface area (Å²) < 4.78 is 40.9. The number of phenolic OH excluding ortho intramolecular Hbond substituents is 1. The Kier molecular flexibility index (Phi) is 6.13. The molecule has 1 aromatic carbocycles. The number of halogens is 3. The van der Waals surface area contributed by atoms with Crippen molar-refractivity contribution in [3.05, 3.63) is 23.8 Å². The maximum atomic E-state index is 12.0. The van der Waals surface area contributed by atoms with Crippen LogP contribution in [0.2, 0.25) is 0 Å². The number of ether oxygens (including phenoxy) is 1. The van der Waals surface area contributed by atoms with E-state index in [1.54, 1.807) is 12.1 Å². The van der Waals surface area contributed by atoms with Crippen molar-refractivity contribution in [2.75, 3.05) is 13.7 Å². The van der Waals surface area contributed by atoms with Crippen LogP contribution in [0.15, 0.2) is 18.2 Å². The van der Waals surface area contributed by atoms with Crippen LogP contribution < -0.4 is 10.1 Å². The second-order valence-corrected chi connectivity index (χ2v) is 4.67. The van der Waals surface area contributed by atoms with Crippen LogP contribution in [0.3, 0.4) is 0 Å². The summed E-state index contributed by atoms with van der Waals surface area (Å²) in [6.45, 7) is 2.33. The summed E-state index contributed by atoms with van der Waals surface area (Å²) in [5, 5.41) is 12.9. The molecular formula is C14H20F3NO2. The topological polar surface area (TPSA) is 41.5 Å². The fourth-order valence-corrected chi connectivity index (χ4v) is 1.90. The summed E-state index contributed by atoms with van der Waals surface area (Å²) in [4.78, 5) is 0. The van der Waals surface area contributed by atoms with Gasteiger partial charge in [0.25, 0.3) is 0 Å². The Morgan fingerprint density at radius 2 is 2.00 bits per heavy atom. The van der Waals surface area contributed by atoms with Crippen LogP contribution in [-0.4, -0.2) is 24.9 Å². The molecule has 0 saturated heterocycles. The number of benzene rings is 1. The molecular weight excluding hydrogens is 271 g/mol. The van der Waals surface area contributed by atoms with Gasteiger partial charge in [0.1, 0.15) is 11.5 Å². The minimum Gasteiger partial charge on any atom is -0.507 e. The number of unbranched alkanes of at least 4 members (excludes halogenated alkanes) is 1. The fourth-order valence-electron chi connectivity index (χ4n) is 1.90. The van der Waals surface area contributed by atoms with Crippen molar-refractivity contribution in [2.24, 2.45) is 0 Å². The molecule has 0 radical (unpaired) electrons. The van der Waals surface area contributed by atoms with Gasteiger partial charge in [-0.3, -0.25) is 0 Å². The van der Waals surface area contributed by atoms with Crippen LogP contribution in [0, 0.1) is 0 Å². The lowest BCUT2D eigenvalue weighted by Crippen LogP contribution is -2.20. The number of aromatic hydroxyl groups is 1. The van der Waals surface area contributed by atoms with Gasteiger partial charge in [-0.1, -0.05) is 6.07 Å². The van der Waals surface area contributed by atoms with E-state index in [-0.39, 0.29) is 18.2 Å². The van der Waals surface area contributed by atoms with Gasteiger partial charge in [-0.15, -0.1) is 0 Å². The molecule has 3 nitrogen and oxygen atoms in total. The molecule has 0 aromatic heterocycles. The average molecular weight is 291 g/mol. The van der Waals surface area contributed by atoms with Crippen LogP contribution in [0.1, 0.15) is 37.8 Å². The molecule has 0 saturated carbocycles. The molecule has 2 N–H and O–H groups in total. The number of alkyl halides is 3. The standard InChI is InChI=1S/C14H20F3NO2/c1-10(18-8-4-3-7-14(15,16)17)12-6-5-11(20-2)9-13(12)19/h5-6,9-10,18-19H,3-4,7-8H2,1-2H3. The summed E-state index contributed by atoms with van der Waals surface area (Å²) >= 11 is 0. The molecule has 6 heteroatoms. The molecule has 0 aliphatic heterocycles. The Labute approximate surface area is 116 Å². The minimum absolute atomic E-state index is 0.109. The zero-order valence-electron chi connectivity index (χ0n) is 11.6. The highest BCUT2D eigenvalue weighted by molar-refractivity contribution is 5.41. The monoisotopic (exact) mass is 291 g/mol. The van der Waals surface area contributed by atoms with Crippen LogP contribution in [0.25, 0.3) is 0 Å². The predicted molar refractivity (Wildman–Crippen MR) is 71.0 cm³/mol. The molecule has 0 bridgehead atoms. The van der Waals surface area contributed by atoms with Crippen molar-refractivity contribution in [3.8, 4) is 11.5 Å². The van der Waals surface area contributed by atoms with Crippen molar-refractivity contribution in [1.29, 1.82) is 0 Å². The zero-order chi connectivity index (χ0) is 15.2. The lowest BCUT2D eigenvalue weighted by Gasteiger charge is -2.16. The summed E-state index contributed by atoms with van der Waals surface area (Å²) in [7, 11) is 1.51. The molecule has 1 unspecified atom stereocenters. The number of hydrogen-bond acceptors (Lipinski definition) is 3. The van der Waals surface area contributed by atoms with E-state index in [1.165, 1.54) is 13.2 Å². The van der Waals surface area contributed by atoms with Gasteiger partial charge in [-0.05, 0) is 32.4 Å². The van der Waals surface area contributed by atoms with E-state index in [0.717, 1.165) is 0 Å². The third-order valence-corrected chi connectivity index (χ3v) is 3.04. The third-order valence-electron chi connectivity index (χ3n) is 3.04. The van der Waals surface area contributed by atoms with E-state index in [9.17, 15) is 18.3 Å². The molecule has 114 valence electrons. The summed E-state index contributed by atoms with van der Waals surface area (Å²) in [5.41, 5.74) is 0.696. The van der Waals surface area contributed by atoms with Crippen LogP contribution in [0.5, 0.6) is 11.5 Å². The van der Waals surface area contributed by atoms with Gasteiger partial charge >= 0.3 is 6.18 Å². The average Bonchev–Trinajstić information content (AvgIpc) is 2.36. The van der Waals surface area contributed by atoms with Gasteiger partial charge in [0.2, 0.25) is 0 Å². The van der Waals surface area contributed by atoms with Gasteiger partial charge in [0.05, 0.1) is 7.11 Å². The largest absolute Gasteiger partial charge is 0.507 e. The summed E-state index contributed by atoms with van der Waals surface area (Å²) in [6, 6.07) is 4.85. The van der Waals surface area contributed by atoms with Gasteiger partial charge in [-0.2, -0.15) is 13.2 Å². The highest BCUT2D eigenvalue weighted by Crippen LogP contribution is 2.28. The number of phenols is 1. The fraction of sp³-hybridized carbons (Fsp3) is 0.571. The Balaban J connectivity index is 2.38. The maximum Gasteiger partial charge on any atom is 0.389 e. The second kappa shape index (κ2) is 7.38. The smallest absolute Gasteiger partial charge is 0.389 e. The molecule has 1 aromatic rings. The van der Waals surface area contributed by atoms with E-state index in [1.807, 2.05) is 6.92 Å². The van der Waals surface area contributed by atoms with Crippen molar-refractivity contribution in [1.82, 2.24) is 5.32 Å². The van der Waals surface area contributed by atoms with Crippen LogP contribution in [-0.2, 0) is 0 Å². The third kappa shape index (κ3) is 5.69. The lowest BCUT2D eigenvalue weighted by atomic mass is 10.1. The van der Waals surface area contributed by atoms with E-state index in [0.29, 0.717) is 24.3 Å². The van der Waals surface area contributed by atoms with Gasteiger partial charge < -0.3 is 15.2 Å².